The van der Waals surface area contributed by atoms with E-state index in [9.17, 15) is 28.6 Å². The van der Waals surface area contributed by atoms with Crippen molar-refractivity contribution in [3.63, 3.8) is 0 Å². The predicted octanol–water partition coefficient (Wildman–Crippen LogP) is 5.51. The maximum Gasteiger partial charge on any atom is 0.314 e. The summed E-state index contributed by atoms with van der Waals surface area (Å²) in [5, 5.41) is 24.6. The van der Waals surface area contributed by atoms with Gasteiger partial charge in [0, 0.05) is 41.8 Å². The number of halogens is 2. The van der Waals surface area contributed by atoms with Gasteiger partial charge in [-0.25, -0.2) is 18.7 Å². The van der Waals surface area contributed by atoms with Crippen LogP contribution in [0.25, 0.3) is 11.3 Å². The molecule has 0 aromatic carbocycles. The number of pyridine rings is 3. The van der Waals surface area contributed by atoms with Crippen molar-refractivity contribution in [2.45, 2.75) is 45.6 Å². The van der Waals surface area contributed by atoms with Crippen LogP contribution in [0.3, 0.4) is 0 Å². The maximum absolute atomic E-state index is 13.4. The van der Waals surface area contributed by atoms with Gasteiger partial charge < -0.3 is 25.0 Å². The van der Waals surface area contributed by atoms with Crippen LogP contribution in [0.4, 0.5) is 20.4 Å². The van der Waals surface area contributed by atoms with Gasteiger partial charge in [0.2, 0.25) is 6.79 Å². The number of Topliss-reactive ketones (excluding diaryl/α,β-unsaturated/α-hetero) is 1. The number of nitrogens with zero attached hydrogens (tertiary/aromatic N) is 3. The summed E-state index contributed by atoms with van der Waals surface area (Å²) in [5.74, 6) is -3.57. The molecular weight excluding hydrogens is 562 g/mol. The number of hydrogen-bond donors (Lipinski definition) is 3. The van der Waals surface area contributed by atoms with Gasteiger partial charge in [0.1, 0.15) is 35.2 Å². The zero-order valence-electron chi connectivity index (χ0n) is 23.8. The van der Waals surface area contributed by atoms with Gasteiger partial charge in [-0.05, 0) is 68.1 Å². The van der Waals surface area contributed by atoms with Gasteiger partial charge in [0.05, 0.1) is 11.4 Å². The molecule has 0 saturated heterocycles. The summed E-state index contributed by atoms with van der Waals surface area (Å²) in [5.41, 5.74) is 0.614. The molecule has 3 aromatic rings. The molecule has 1 aliphatic carbocycles. The summed E-state index contributed by atoms with van der Waals surface area (Å²) < 4.78 is 36.8. The Balaban J connectivity index is 1.41. The van der Waals surface area contributed by atoms with Gasteiger partial charge in [-0.3, -0.25) is 14.6 Å². The van der Waals surface area contributed by atoms with Crippen LogP contribution < -0.4 is 5.32 Å². The third kappa shape index (κ3) is 6.34. The molecule has 1 saturated carbocycles. The molecule has 0 amide bonds. The number of ether oxygens (including phenoxy) is 2. The average molecular weight is 595 g/mol. The lowest BCUT2D eigenvalue weighted by Crippen LogP contribution is -2.51. The third-order valence-electron chi connectivity index (χ3n) is 8.10. The van der Waals surface area contributed by atoms with Crippen molar-refractivity contribution in [1.29, 1.82) is 0 Å². The number of nitrogens with one attached hydrogen (secondary N) is 1. The quantitative estimate of drug-likeness (QED) is 0.271. The van der Waals surface area contributed by atoms with Crippen molar-refractivity contribution in [3.8, 4) is 11.3 Å². The lowest BCUT2D eigenvalue weighted by Gasteiger charge is -2.45. The average Bonchev–Trinajstić information content (AvgIpc) is 3.47. The summed E-state index contributed by atoms with van der Waals surface area (Å²) >= 11 is 0. The Morgan fingerprint density at radius 1 is 1.19 bits per heavy atom. The minimum absolute atomic E-state index is 0.0149. The molecule has 4 heterocycles. The monoisotopic (exact) mass is 594 g/mol. The Morgan fingerprint density at radius 2 is 1.98 bits per heavy atom. The Labute approximate surface area is 246 Å². The van der Waals surface area contributed by atoms with Crippen molar-refractivity contribution >= 4 is 23.4 Å². The molecule has 3 N–H and O–H groups in total. The van der Waals surface area contributed by atoms with E-state index in [4.69, 9.17) is 9.47 Å². The molecule has 0 spiro atoms. The highest BCUT2D eigenvalue weighted by Gasteiger charge is 2.53. The number of allylic oxidation sites excluding steroid dienone is 1. The highest BCUT2D eigenvalue weighted by Crippen LogP contribution is 2.48. The molecule has 0 radical (unpaired) electrons. The second-order valence-electron chi connectivity index (χ2n) is 11.3. The van der Waals surface area contributed by atoms with Gasteiger partial charge >= 0.3 is 5.97 Å². The molecule has 1 fully saturated rings. The van der Waals surface area contributed by atoms with Gasteiger partial charge in [0.25, 0.3) is 6.43 Å². The highest BCUT2D eigenvalue weighted by molar-refractivity contribution is 6.00. The van der Waals surface area contributed by atoms with Crippen LogP contribution in [0.15, 0.2) is 60.8 Å². The Kier molecular flexibility index (Phi) is 8.41. The number of carbonyl (C=O) groups is 2. The van der Waals surface area contributed by atoms with Crippen molar-refractivity contribution in [3.05, 3.63) is 77.6 Å². The van der Waals surface area contributed by atoms with Crippen molar-refractivity contribution in [2.24, 2.45) is 23.7 Å². The van der Waals surface area contributed by atoms with Gasteiger partial charge in [-0.15, -0.1) is 0 Å². The normalized spacial score (nSPS) is 23.2. The SMILES string of the molecule is Cc1cc(Nc2cc(C(F)F)ccn2)nc(-c2ccc(C(C)(O)[C@@H]3C(C)C[C@@H](C(=O)O)C(=O)C3CC3=COCO3)nc2)c1. The molecule has 5 rings (SSSR count). The van der Waals surface area contributed by atoms with E-state index in [1.54, 1.807) is 31.3 Å². The Morgan fingerprint density at radius 3 is 2.63 bits per heavy atom. The fraction of sp³-hybridized carbons (Fsp3) is 0.387. The first-order chi connectivity index (χ1) is 20.4. The zero-order valence-corrected chi connectivity index (χ0v) is 23.8. The zero-order chi connectivity index (χ0) is 30.9. The lowest BCUT2D eigenvalue weighted by atomic mass is 9.60. The van der Waals surface area contributed by atoms with Gasteiger partial charge in [-0.1, -0.05) is 6.92 Å². The Hall–Kier alpha value is -4.45. The fourth-order valence-corrected chi connectivity index (χ4v) is 6.13. The number of anilines is 2. The van der Waals surface area contributed by atoms with Crippen LogP contribution in [0, 0.1) is 30.6 Å². The maximum atomic E-state index is 13.4. The number of aliphatic carboxylic acids is 1. The van der Waals surface area contributed by atoms with Crippen molar-refractivity contribution in [2.75, 3.05) is 12.1 Å². The number of aryl methyl sites for hydroxylation is 1. The van der Waals surface area contributed by atoms with Crippen LogP contribution >= 0.6 is 0 Å². The number of ketones is 1. The molecule has 43 heavy (non-hydrogen) atoms. The molecule has 12 heteroatoms. The summed E-state index contributed by atoms with van der Waals surface area (Å²) in [6.07, 6.45) is 1.84. The van der Waals surface area contributed by atoms with E-state index in [0.29, 0.717) is 28.5 Å². The molecule has 2 aliphatic rings. The van der Waals surface area contributed by atoms with Crippen LogP contribution in [0.5, 0.6) is 0 Å². The van der Waals surface area contributed by atoms with Crippen LogP contribution in [0.1, 0.15) is 49.9 Å². The van der Waals surface area contributed by atoms with Crippen LogP contribution in [0.2, 0.25) is 0 Å². The molecule has 226 valence electrons. The number of carbonyl (C=O) groups excluding carboxylic acids is 1. The largest absolute Gasteiger partial charge is 0.481 e. The van der Waals surface area contributed by atoms with E-state index in [0.717, 1.165) is 5.56 Å². The number of aliphatic hydroxyl groups is 1. The number of alkyl halides is 2. The molecule has 0 bridgehead atoms. The molecule has 10 nitrogen and oxygen atoms in total. The first-order valence-electron chi connectivity index (χ1n) is 13.8. The fourth-order valence-electron chi connectivity index (χ4n) is 6.13. The first kappa shape index (κ1) is 30.0. The first-order valence-corrected chi connectivity index (χ1v) is 13.8. The minimum atomic E-state index is -2.63. The highest BCUT2D eigenvalue weighted by atomic mass is 19.3. The van der Waals surface area contributed by atoms with E-state index in [-0.39, 0.29) is 36.9 Å². The van der Waals surface area contributed by atoms with E-state index in [1.165, 1.54) is 24.6 Å². The number of carboxylic acids is 1. The summed E-state index contributed by atoms with van der Waals surface area (Å²) in [7, 11) is 0. The molecular formula is C31H32F2N4O6. The number of hydrogen-bond acceptors (Lipinski definition) is 9. The van der Waals surface area contributed by atoms with Crippen LogP contribution in [-0.4, -0.2) is 43.7 Å². The van der Waals surface area contributed by atoms with Crippen molar-refractivity contribution in [1.82, 2.24) is 15.0 Å². The lowest BCUT2D eigenvalue weighted by molar-refractivity contribution is -0.159. The molecule has 1 aliphatic heterocycles. The summed E-state index contributed by atoms with van der Waals surface area (Å²) in [4.78, 5) is 38.5. The molecule has 3 unspecified atom stereocenters. The number of carboxylic acid groups (broad SMARTS) is 1. The standard InChI is InChI=1S/C31H32F2N4O6/c1-16-8-23(36-26(9-16)37-25-11-18(29(32)33)6-7-34-25)19-4-5-24(35-13-19)31(3,41)27-17(2)10-22(30(39)40)28(38)21(27)12-20-14-42-15-43-20/h4-9,11,13-14,17,21-22,27,29,41H,10,12,15H2,1-3H3,(H,39,40)(H,34,36,37)/t17?,21?,22-,27-,31?/m1/s1. The third-order valence-corrected chi connectivity index (χ3v) is 8.10. The van der Waals surface area contributed by atoms with Crippen LogP contribution in [-0.2, 0) is 24.7 Å². The second-order valence-corrected chi connectivity index (χ2v) is 11.3. The van der Waals surface area contributed by atoms with Gasteiger partial charge in [0.15, 0.2) is 5.78 Å². The molecule has 3 aromatic heterocycles. The van der Waals surface area contributed by atoms with Gasteiger partial charge in [-0.2, -0.15) is 0 Å². The topological polar surface area (TPSA) is 144 Å². The Bertz CT molecular complexity index is 1550. The predicted molar refractivity (Wildman–Crippen MR) is 151 cm³/mol. The smallest absolute Gasteiger partial charge is 0.314 e. The van der Waals surface area contributed by atoms with E-state index < -0.39 is 41.5 Å². The summed E-state index contributed by atoms with van der Waals surface area (Å²) in [6, 6.07) is 9.51. The van der Waals surface area contributed by atoms with E-state index in [2.05, 4.69) is 20.3 Å². The minimum Gasteiger partial charge on any atom is -0.481 e. The summed E-state index contributed by atoms with van der Waals surface area (Å²) in [6.45, 7) is 5.30. The second kappa shape index (κ2) is 12.0. The van der Waals surface area contributed by atoms with Crippen molar-refractivity contribution < 1.29 is 38.1 Å². The van der Waals surface area contributed by atoms with E-state index in [1.807, 2.05) is 19.9 Å². The molecule has 5 atom stereocenters. The van der Waals surface area contributed by atoms with E-state index >= 15 is 0 Å². The number of aromatic nitrogens is 3. The number of rotatable bonds is 9.